The monoisotopic (exact) mass is 335 g/mol. The predicted molar refractivity (Wildman–Crippen MR) is 89.4 cm³/mol. The minimum absolute atomic E-state index is 0.0461. The second-order valence-electron chi connectivity index (χ2n) is 6.45. The summed E-state index contributed by atoms with van der Waals surface area (Å²) in [5.74, 6) is 0.546. The van der Waals surface area contributed by atoms with Crippen molar-refractivity contribution in [1.82, 2.24) is 14.7 Å². The number of amides is 3. The predicted octanol–water partition coefficient (Wildman–Crippen LogP) is 2.10. The summed E-state index contributed by atoms with van der Waals surface area (Å²) in [4.78, 5) is 29.4. The molecule has 2 heterocycles. The number of carbonyl (C=O) groups is 2. The van der Waals surface area contributed by atoms with E-state index in [-0.39, 0.29) is 18.5 Å². The van der Waals surface area contributed by atoms with Gasteiger partial charge >= 0.3 is 6.03 Å². The first kappa shape index (κ1) is 16.1. The van der Waals surface area contributed by atoms with Crippen molar-refractivity contribution in [2.45, 2.75) is 12.8 Å². The van der Waals surface area contributed by atoms with Gasteiger partial charge in [-0.05, 0) is 36.5 Å². The maximum atomic E-state index is 12.4. The molecule has 124 valence electrons. The van der Waals surface area contributed by atoms with Gasteiger partial charge in [0.15, 0.2) is 0 Å². The summed E-state index contributed by atoms with van der Waals surface area (Å²) in [6.07, 6.45) is 1.98. The van der Waals surface area contributed by atoms with E-state index in [0.29, 0.717) is 19.0 Å². The van der Waals surface area contributed by atoms with Crippen LogP contribution in [-0.2, 0) is 11.2 Å². The topological polar surface area (TPSA) is 43.9 Å². The molecule has 2 aliphatic rings. The largest absolute Gasteiger partial charge is 0.341 e. The van der Waals surface area contributed by atoms with E-state index in [4.69, 9.17) is 11.6 Å². The van der Waals surface area contributed by atoms with Gasteiger partial charge in [0.1, 0.15) is 6.54 Å². The Balaban J connectivity index is 1.50. The van der Waals surface area contributed by atoms with Gasteiger partial charge in [-0.15, -0.1) is 0 Å². The number of rotatable bonds is 4. The smallest absolute Gasteiger partial charge is 0.320 e. The Kier molecular flexibility index (Phi) is 4.76. The van der Waals surface area contributed by atoms with E-state index in [2.05, 4.69) is 0 Å². The first-order chi connectivity index (χ1) is 11.0. The Hall–Kier alpha value is -1.75. The minimum atomic E-state index is -0.0461. The normalized spacial score (nSPS) is 21.4. The molecule has 2 aliphatic heterocycles. The molecule has 1 unspecified atom stereocenters. The first-order valence-electron chi connectivity index (χ1n) is 8.05. The molecule has 0 aliphatic carbocycles. The molecule has 6 heteroatoms. The van der Waals surface area contributed by atoms with Gasteiger partial charge in [0.2, 0.25) is 5.91 Å². The number of carbonyl (C=O) groups excluding carboxylic acids is 2. The highest BCUT2D eigenvalue weighted by Gasteiger charge is 2.31. The molecule has 0 saturated carbocycles. The SMILES string of the molecule is CN1CCN(CC(=O)N2CCC(Cc3ccc(Cl)cc3)C2)C1=O. The van der Waals surface area contributed by atoms with Crippen LogP contribution < -0.4 is 0 Å². The molecule has 3 rings (SSSR count). The summed E-state index contributed by atoms with van der Waals surface area (Å²) in [6, 6.07) is 7.86. The number of benzene rings is 1. The Morgan fingerprint density at radius 1 is 1.22 bits per heavy atom. The lowest BCUT2D eigenvalue weighted by Crippen LogP contribution is -2.41. The van der Waals surface area contributed by atoms with Gasteiger partial charge < -0.3 is 14.7 Å². The summed E-state index contributed by atoms with van der Waals surface area (Å²) < 4.78 is 0. The Bertz CT molecular complexity index is 590. The molecule has 2 saturated heterocycles. The molecule has 0 spiro atoms. The number of urea groups is 1. The fourth-order valence-corrected chi connectivity index (χ4v) is 3.42. The summed E-state index contributed by atoms with van der Waals surface area (Å²) in [5.41, 5.74) is 1.25. The molecular weight excluding hydrogens is 314 g/mol. The van der Waals surface area contributed by atoms with Crippen molar-refractivity contribution in [1.29, 1.82) is 0 Å². The fraction of sp³-hybridized carbons (Fsp3) is 0.529. The number of hydrogen-bond donors (Lipinski definition) is 0. The van der Waals surface area contributed by atoms with E-state index < -0.39 is 0 Å². The highest BCUT2D eigenvalue weighted by atomic mass is 35.5. The van der Waals surface area contributed by atoms with Crippen molar-refractivity contribution in [2.24, 2.45) is 5.92 Å². The second kappa shape index (κ2) is 6.79. The average Bonchev–Trinajstić information content (AvgIpc) is 3.12. The first-order valence-corrected chi connectivity index (χ1v) is 8.43. The maximum Gasteiger partial charge on any atom is 0.320 e. The van der Waals surface area contributed by atoms with Crippen LogP contribution in [0.15, 0.2) is 24.3 Å². The lowest BCUT2D eigenvalue weighted by molar-refractivity contribution is -0.130. The van der Waals surface area contributed by atoms with E-state index in [1.54, 1.807) is 16.8 Å². The molecule has 1 aromatic carbocycles. The minimum Gasteiger partial charge on any atom is -0.341 e. The lowest BCUT2D eigenvalue weighted by Gasteiger charge is -2.21. The number of likely N-dealkylation sites (N-methyl/N-ethyl adjacent to an activating group) is 1. The zero-order chi connectivity index (χ0) is 16.4. The van der Waals surface area contributed by atoms with Crippen molar-refractivity contribution in [3.05, 3.63) is 34.9 Å². The van der Waals surface area contributed by atoms with Crippen LogP contribution >= 0.6 is 11.6 Å². The molecule has 0 radical (unpaired) electrons. The number of likely N-dealkylation sites (tertiary alicyclic amines) is 1. The zero-order valence-electron chi connectivity index (χ0n) is 13.4. The highest BCUT2D eigenvalue weighted by molar-refractivity contribution is 6.30. The molecule has 0 bridgehead atoms. The van der Waals surface area contributed by atoms with Crippen molar-refractivity contribution < 1.29 is 9.59 Å². The van der Waals surface area contributed by atoms with Crippen molar-refractivity contribution >= 4 is 23.5 Å². The molecular formula is C17H22ClN3O2. The second-order valence-corrected chi connectivity index (χ2v) is 6.89. The molecule has 1 aromatic rings. The van der Waals surface area contributed by atoms with Gasteiger partial charge in [0.05, 0.1) is 0 Å². The van der Waals surface area contributed by atoms with Gasteiger partial charge in [-0.3, -0.25) is 4.79 Å². The summed E-state index contributed by atoms with van der Waals surface area (Å²) >= 11 is 5.91. The van der Waals surface area contributed by atoms with E-state index in [9.17, 15) is 9.59 Å². The van der Waals surface area contributed by atoms with Crippen LogP contribution in [-0.4, -0.2) is 66.4 Å². The third-order valence-electron chi connectivity index (χ3n) is 4.70. The van der Waals surface area contributed by atoms with E-state index in [0.717, 1.165) is 31.0 Å². The number of nitrogens with zero attached hydrogens (tertiary/aromatic N) is 3. The van der Waals surface area contributed by atoms with Crippen LogP contribution in [0.25, 0.3) is 0 Å². The molecule has 23 heavy (non-hydrogen) atoms. The highest BCUT2D eigenvalue weighted by Crippen LogP contribution is 2.22. The van der Waals surface area contributed by atoms with E-state index in [1.165, 1.54) is 5.56 Å². The quantitative estimate of drug-likeness (QED) is 0.845. The average molecular weight is 336 g/mol. The number of halogens is 1. The maximum absolute atomic E-state index is 12.4. The van der Waals surface area contributed by atoms with Crippen molar-refractivity contribution in [2.75, 3.05) is 39.8 Å². The van der Waals surface area contributed by atoms with E-state index >= 15 is 0 Å². The van der Waals surface area contributed by atoms with Gasteiger partial charge in [-0.25, -0.2) is 4.79 Å². The lowest BCUT2D eigenvalue weighted by atomic mass is 9.99. The van der Waals surface area contributed by atoms with Crippen LogP contribution in [0, 0.1) is 5.92 Å². The summed E-state index contributed by atoms with van der Waals surface area (Å²) in [5, 5.41) is 0.747. The van der Waals surface area contributed by atoms with Gasteiger partial charge in [0.25, 0.3) is 0 Å². The van der Waals surface area contributed by atoms with Crippen LogP contribution in [0.4, 0.5) is 4.79 Å². The number of hydrogen-bond acceptors (Lipinski definition) is 2. The Labute approximate surface area is 141 Å². The zero-order valence-corrected chi connectivity index (χ0v) is 14.1. The molecule has 0 aromatic heterocycles. The standard InChI is InChI=1S/C17H22ClN3O2/c1-19-8-9-21(17(19)23)12-16(22)20-7-6-14(11-20)10-13-2-4-15(18)5-3-13/h2-5,14H,6-12H2,1H3. The van der Waals surface area contributed by atoms with E-state index in [1.807, 2.05) is 29.2 Å². The molecule has 1 atom stereocenters. The van der Waals surface area contributed by atoms with Crippen LogP contribution in [0.5, 0.6) is 0 Å². The molecule has 0 N–H and O–H groups in total. The summed E-state index contributed by atoms with van der Waals surface area (Å²) in [6.45, 7) is 3.11. The molecule has 3 amide bonds. The van der Waals surface area contributed by atoms with Crippen molar-refractivity contribution in [3.8, 4) is 0 Å². The van der Waals surface area contributed by atoms with Crippen LogP contribution in [0.3, 0.4) is 0 Å². The van der Waals surface area contributed by atoms with Crippen molar-refractivity contribution in [3.63, 3.8) is 0 Å². The van der Waals surface area contributed by atoms with Crippen LogP contribution in [0.2, 0.25) is 5.02 Å². The van der Waals surface area contributed by atoms with Crippen LogP contribution in [0.1, 0.15) is 12.0 Å². The summed E-state index contributed by atoms with van der Waals surface area (Å²) in [7, 11) is 1.77. The third-order valence-corrected chi connectivity index (χ3v) is 4.96. The van der Waals surface area contributed by atoms with Gasteiger partial charge in [0, 0.05) is 38.2 Å². The molecule has 2 fully saturated rings. The fourth-order valence-electron chi connectivity index (χ4n) is 3.29. The van der Waals surface area contributed by atoms with Gasteiger partial charge in [-0.2, -0.15) is 0 Å². The Morgan fingerprint density at radius 2 is 1.96 bits per heavy atom. The van der Waals surface area contributed by atoms with Gasteiger partial charge in [-0.1, -0.05) is 23.7 Å². The molecule has 5 nitrogen and oxygen atoms in total. The Morgan fingerprint density at radius 3 is 2.61 bits per heavy atom. The third kappa shape index (κ3) is 3.78.